The van der Waals surface area contributed by atoms with Crippen LogP contribution in [0.5, 0.6) is 0 Å². The summed E-state index contributed by atoms with van der Waals surface area (Å²) in [7, 11) is 9.81. The van der Waals surface area contributed by atoms with Gasteiger partial charge in [0.2, 0.25) is 0 Å². The van der Waals surface area contributed by atoms with Gasteiger partial charge in [0.1, 0.15) is 0 Å². The average molecular weight is 208 g/mol. The van der Waals surface area contributed by atoms with Gasteiger partial charge < -0.3 is 23.5 Å². The van der Waals surface area contributed by atoms with Gasteiger partial charge in [0.05, 0.1) is 0 Å². The van der Waals surface area contributed by atoms with Gasteiger partial charge in [-0.05, 0) is 25.8 Å². The van der Waals surface area contributed by atoms with Crippen molar-refractivity contribution in [2.45, 2.75) is 38.6 Å². The second-order valence-electron chi connectivity index (χ2n) is 2.66. The van der Waals surface area contributed by atoms with E-state index in [9.17, 15) is 0 Å². The van der Waals surface area contributed by atoms with Gasteiger partial charge in [-0.15, -0.1) is 0 Å². The molecule has 1 rings (SSSR count). The normalized spacial score (nSPS) is 23.0. The van der Waals surface area contributed by atoms with Crippen LogP contribution in [0.2, 0.25) is 0 Å². The van der Waals surface area contributed by atoms with Gasteiger partial charge in [-0.3, -0.25) is 0 Å². The molecule has 1 aliphatic heterocycles. The molecule has 0 spiro atoms. The molecule has 4 heteroatoms. The van der Waals surface area contributed by atoms with E-state index in [1.165, 1.54) is 32.2 Å². The highest BCUT2D eigenvalue weighted by Gasteiger charge is 2.08. The average Bonchev–Trinajstić information content (AvgIpc) is 2.08. The van der Waals surface area contributed by atoms with Crippen LogP contribution in [0.1, 0.15) is 32.6 Å². The molecule has 0 bridgehead atoms. The Morgan fingerprint density at radius 1 is 1.45 bits per heavy atom. The number of piperidine rings is 1. The lowest BCUT2D eigenvalue weighted by Crippen LogP contribution is -2.32. The Morgan fingerprint density at radius 2 is 2.09 bits per heavy atom. The Balaban J connectivity index is 0.000000292. The molecule has 1 aliphatic rings. The molecule has 0 saturated carbocycles. The summed E-state index contributed by atoms with van der Waals surface area (Å²) >= 11 is -0.639. The van der Waals surface area contributed by atoms with Gasteiger partial charge in [0.15, 0.2) is 0 Å². The minimum absolute atomic E-state index is 0.639. The number of halogens is 2. The molecule has 0 aromatic heterocycles. The van der Waals surface area contributed by atoms with E-state index >= 15 is 0 Å². The van der Waals surface area contributed by atoms with Crippen molar-refractivity contribution in [1.82, 2.24) is 5.32 Å². The predicted octanol–water partition coefficient (Wildman–Crippen LogP) is 2.54. The molecular formula is C7H15Cl2MgN. The van der Waals surface area contributed by atoms with Gasteiger partial charge >= 0.3 is 18.2 Å². The summed E-state index contributed by atoms with van der Waals surface area (Å²) in [6.07, 6.45) is 5.53. The molecule has 64 valence electrons. The molecule has 0 aliphatic carbocycles. The van der Waals surface area contributed by atoms with E-state index in [0.29, 0.717) is 0 Å². The molecule has 0 amide bonds. The van der Waals surface area contributed by atoms with Gasteiger partial charge in [0.25, 0.3) is 0 Å². The minimum atomic E-state index is -0.639. The summed E-state index contributed by atoms with van der Waals surface area (Å²) in [5.41, 5.74) is 0. The fraction of sp³-hybridized carbons (Fsp3) is 1.00. The first-order valence-corrected chi connectivity index (χ1v) is 8.48. The van der Waals surface area contributed by atoms with Crippen molar-refractivity contribution in [3.05, 3.63) is 0 Å². The summed E-state index contributed by atoms with van der Waals surface area (Å²) in [6, 6.07) is 0.837. The van der Waals surface area contributed by atoms with Gasteiger partial charge in [-0.2, -0.15) is 0 Å². The molecule has 0 aromatic rings. The Bertz CT molecular complexity index is 76.8. The molecule has 1 atom stereocenters. The first kappa shape index (κ1) is 12.3. The van der Waals surface area contributed by atoms with Crippen LogP contribution in [0.15, 0.2) is 0 Å². The van der Waals surface area contributed by atoms with Crippen molar-refractivity contribution in [2.24, 2.45) is 0 Å². The van der Waals surface area contributed by atoms with Crippen molar-refractivity contribution < 1.29 is 0 Å². The maximum absolute atomic E-state index is 4.90. The van der Waals surface area contributed by atoms with Crippen molar-refractivity contribution in [2.75, 3.05) is 6.54 Å². The highest BCUT2D eigenvalue weighted by molar-refractivity contribution is 7.22. The van der Waals surface area contributed by atoms with Crippen LogP contribution < -0.4 is 5.32 Å². The van der Waals surface area contributed by atoms with Crippen molar-refractivity contribution in [3.63, 3.8) is 0 Å². The number of hydrogen-bond donors (Lipinski definition) is 1. The first-order valence-electron chi connectivity index (χ1n) is 4.20. The summed E-state index contributed by atoms with van der Waals surface area (Å²) in [6.45, 7) is 3.50. The van der Waals surface area contributed by atoms with Crippen molar-refractivity contribution in [1.29, 1.82) is 0 Å². The van der Waals surface area contributed by atoms with Crippen molar-refractivity contribution in [3.8, 4) is 0 Å². The highest BCUT2D eigenvalue weighted by Crippen LogP contribution is 2.08. The lowest BCUT2D eigenvalue weighted by atomic mass is 10.0. The molecule has 1 nitrogen and oxygen atoms in total. The third-order valence-electron chi connectivity index (χ3n) is 1.91. The minimum Gasteiger partial charge on any atom is -0.314 e. The maximum atomic E-state index is 4.90. The molecule has 0 radical (unpaired) electrons. The molecule has 1 saturated heterocycles. The zero-order valence-corrected chi connectivity index (χ0v) is 10.0. The molecule has 1 fully saturated rings. The fourth-order valence-corrected chi connectivity index (χ4v) is 1.27. The van der Waals surface area contributed by atoms with Crippen LogP contribution >= 0.6 is 18.1 Å². The second-order valence-corrected chi connectivity index (χ2v) is 5.28. The van der Waals surface area contributed by atoms with E-state index in [1.807, 2.05) is 0 Å². The molecule has 1 N–H and O–H groups in total. The zero-order valence-electron chi connectivity index (χ0n) is 7.08. The van der Waals surface area contributed by atoms with E-state index in [0.717, 1.165) is 6.04 Å². The van der Waals surface area contributed by atoms with E-state index in [-0.39, 0.29) is 0 Å². The van der Waals surface area contributed by atoms with E-state index < -0.39 is 18.2 Å². The summed E-state index contributed by atoms with van der Waals surface area (Å²) in [5, 5.41) is 3.47. The van der Waals surface area contributed by atoms with Gasteiger partial charge in [-0.1, -0.05) is 13.3 Å². The number of nitrogens with one attached hydrogen (secondary N) is 1. The SMILES string of the molecule is CCC1CCCCN1.[Cl][Mg][Cl]. The third-order valence-corrected chi connectivity index (χ3v) is 1.91. The van der Waals surface area contributed by atoms with Crippen LogP contribution in [0.4, 0.5) is 0 Å². The van der Waals surface area contributed by atoms with Crippen LogP contribution in [-0.2, 0) is 0 Å². The summed E-state index contributed by atoms with van der Waals surface area (Å²) < 4.78 is 0. The quantitative estimate of drug-likeness (QED) is 0.653. The highest BCUT2D eigenvalue weighted by atomic mass is 35.6. The van der Waals surface area contributed by atoms with Crippen LogP contribution in [0.25, 0.3) is 0 Å². The Hall–Kier alpha value is 1.31. The van der Waals surface area contributed by atoms with E-state index in [2.05, 4.69) is 12.2 Å². The molecule has 0 aromatic carbocycles. The molecular weight excluding hydrogens is 193 g/mol. The molecule has 1 unspecified atom stereocenters. The molecule has 1 heterocycles. The fourth-order valence-electron chi connectivity index (χ4n) is 1.27. The lowest BCUT2D eigenvalue weighted by molar-refractivity contribution is 0.393. The third kappa shape index (κ3) is 7.66. The Kier molecular flexibility index (Phi) is 10.5. The van der Waals surface area contributed by atoms with Crippen LogP contribution in [0.3, 0.4) is 0 Å². The first-order chi connectivity index (χ1) is 5.35. The topological polar surface area (TPSA) is 12.0 Å². The summed E-state index contributed by atoms with van der Waals surface area (Å²) in [5.74, 6) is 0. The smallest absolute Gasteiger partial charge is 0.314 e. The van der Waals surface area contributed by atoms with Gasteiger partial charge in [0, 0.05) is 6.04 Å². The summed E-state index contributed by atoms with van der Waals surface area (Å²) in [4.78, 5) is 0. The second kappa shape index (κ2) is 9.39. The van der Waals surface area contributed by atoms with E-state index in [4.69, 9.17) is 18.1 Å². The molecule has 11 heavy (non-hydrogen) atoms. The standard InChI is InChI=1S/C7H15N.2ClH.Mg/c1-2-7-5-3-4-6-8-7;;;/h7-8H,2-6H2,1H3;2*1H;/q;;;+2/p-2. The van der Waals surface area contributed by atoms with Gasteiger partial charge in [-0.25, -0.2) is 0 Å². The largest absolute Gasteiger partial charge is 0.618 e. The van der Waals surface area contributed by atoms with Crippen LogP contribution in [-0.4, -0.2) is 30.7 Å². The Labute approximate surface area is 86.5 Å². The predicted molar refractivity (Wildman–Crippen MR) is 53.4 cm³/mol. The monoisotopic (exact) mass is 207 g/mol. The lowest BCUT2D eigenvalue weighted by Gasteiger charge is -2.21. The number of rotatable bonds is 1. The number of hydrogen-bond acceptors (Lipinski definition) is 1. The zero-order chi connectivity index (χ0) is 8.53. The van der Waals surface area contributed by atoms with Crippen molar-refractivity contribution >= 4 is 36.3 Å². The van der Waals surface area contributed by atoms with E-state index in [1.54, 1.807) is 0 Å². The maximum Gasteiger partial charge on any atom is 0.618 e. The van der Waals surface area contributed by atoms with Crippen LogP contribution in [0, 0.1) is 0 Å². The Morgan fingerprint density at radius 3 is 2.36 bits per heavy atom.